The van der Waals surface area contributed by atoms with Crippen molar-refractivity contribution < 1.29 is 32.6 Å². The molecule has 1 heterocycles. The maximum Gasteiger partial charge on any atom is 0.279 e. The molecule has 1 aliphatic rings. The number of piperidine rings is 1. The van der Waals surface area contributed by atoms with Gasteiger partial charge >= 0.3 is 0 Å². The topological polar surface area (TPSA) is 114 Å². The molecule has 1 fully saturated rings. The average Bonchev–Trinajstić information content (AvgIpc) is 2.92. The van der Waals surface area contributed by atoms with E-state index in [-0.39, 0.29) is 41.2 Å². The van der Waals surface area contributed by atoms with Crippen molar-refractivity contribution in [1.82, 2.24) is 9.79 Å². The van der Waals surface area contributed by atoms with Gasteiger partial charge in [-0.3, -0.25) is 10.0 Å². The van der Waals surface area contributed by atoms with Crippen molar-refractivity contribution >= 4 is 15.9 Å². The van der Waals surface area contributed by atoms with Gasteiger partial charge in [-0.15, -0.1) is 0 Å². The number of benzene rings is 3. The lowest BCUT2D eigenvalue weighted by Crippen LogP contribution is -2.42. The molecule has 0 bridgehead atoms. The van der Waals surface area contributed by atoms with Crippen LogP contribution in [0, 0.1) is 6.92 Å². The number of carbonyl (C=O) groups excluding carboxylic acids is 1. The minimum atomic E-state index is -4.07. The summed E-state index contributed by atoms with van der Waals surface area (Å²) in [6, 6.07) is 18.8. The molecule has 0 saturated carbocycles. The SMILES string of the molecule is COc1ccc(S(=O)(=O)N2CCC(Oc3ccc(-c4cccc(C)c4)cc3)CC2)c(C(=O)NO)c1OC. The van der Waals surface area contributed by atoms with Crippen LogP contribution in [0.25, 0.3) is 11.1 Å². The zero-order valence-electron chi connectivity index (χ0n) is 20.9. The quantitative estimate of drug-likeness (QED) is 0.336. The lowest BCUT2D eigenvalue weighted by atomic mass is 10.0. The molecule has 1 aliphatic heterocycles. The number of methoxy groups -OCH3 is 2. The minimum Gasteiger partial charge on any atom is -0.493 e. The predicted octanol–water partition coefficient (Wildman–Crippen LogP) is 4.03. The van der Waals surface area contributed by atoms with Gasteiger partial charge in [-0.05, 0) is 55.2 Å². The molecule has 9 nitrogen and oxygen atoms in total. The van der Waals surface area contributed by atoms with E-state index in [2.05, 4.69) is 25.1 Å². The Hall–Kier alpha value is -3.60. The number of carbonyl (C=O) groups is 1. The van der Waals surface area contributed by atoms with Gasteiger partial charge < -0.3 is 14.2 Å². The molecule has 4 rings (SSSR count). The smallest absolute Gasteiger partial charge is 0.279 e. The third-order valence-corrected chi connectivity index (χ3v) is 8.30. The van der Waals surface area contributed by atoms with Gasteiger partial charge in [0.2, 0.25) is 10.0 Å². The maximum absolute atomic E-state index is 13.5. The summed E-state index contributed by atoms with van der Waals surface area (Å²) in [6.07, 6.45) is 0.809. The van der Waals surface area contributed by atoms with E-state index < -0.39 is 15.9 Å². The first-order valence-corrected chi connectivity index (χ1v) is 13.3. The maximum atomic E-state index is 13.5. The number of sulfonamides is 1. The third-order valence-electron chi connectivity index (χ3n) is 6.36. The molecule has 0 spiro atoms. The molecule has 10 heteroatoms. The van der Waals surface area contributed by atoms with Gasteiger partial charge in [0, 0.05) is 13.1 Å². The van der Waals surface area contributed by atoms with E-state index in [1.54, 1.807) is 0 Å². The van der Waals surface area contributed by atoms with Crippen molar-refractivity contribution in [3.05, 3.63) is 71.8 Å². The van der Waals surface area contributed by atoms with Crippen LogP contribution in [0.5, 0.6) is 17.2 Å². The Balaban J connectivity index is 1.46. The lowest BCUT2D eigenvalue weighted by molar-refractivity contribution is 0.0698. The highest BCUT2D eigenvalue weighted by atomic mass is 32.2. The second-order valence-electron chi connectivity index (χ2n) is 8.73. The fraction of sp³-hybridized carbons (Fsp3) is 0.296. The van der Waals surface area contributed by atoms with E-state index >= 15 is 0 Å². The Morgan fingerprint density at radius 2 is 1.68 bits per heavy atom. The molecular weight excluding hydrogens is 496 g/mol. The largest absolute Gasteiger partial charge is 0.493 e. The molecule has 1 saturated heterocycles. The van der Waals surface area contributed by atoms with Crippen LogP contribution in [-0.2, 0) is 10.0 Å². The number of ether oxygens (including phenoxy) is 3. The zero-order chi connectivity index (χ0) is 26.6. The highest BCUT2D eigenvalue weighted by Gasteiger charge is 2.35. The number of hydrogen-bond donors (Lipinski definition) is 2. The van der Waals surface area contributed by atoms with Crippen LogP contribution in [0.1, 0.15) is 28.8 Å². The Kier molecular flexibility index (Phi) is 8.01. The summed E-state index contributed by atoms with van der Waals surface area (Å²) in [5.74, 6) is -0.204. The second-order valence-corrected chi connectivity index (χ2v) is 10.6. The number of aryl methyl sites for hydroxylation is 1. The Labute approximate surface area is 216 Å². The van der Waals surface area contributed by atoms with Gasteiger partial charge in [0.25, 0.3) is 5.91 Å². The van der Waals surface area contributed by atoms with E-state index in [1.165, 1.54) is 41.7 Å². The van der Waals surface area contributed by atoms with Crippen LogP contribution in [0.4, 0.5) is 0 Å². The van der Waals surface area contributed by atoms with Crippen molar-refractivity contribution in [2.75, 3.05) is 27.3 Å². The molecule has 1 amide bonds. The fourth-order valence-corrected chi connectivity index (χ4v) is 6.12. The Morgan fingerprint density at radius 1 is 0.973 bits per heavy atom. The van der Waals surface area contributed by atoms with E-state index in [4.69, 9.17) is 14.2 Å². The summed E-state index contributed by atoms with van der Waals surface area (Å²) in [7, 11) is -1.41. The van der Waals surface area contributed by atoms with Crippen molar-refractivity contribution in [2.24, 2.45) is 0 Å². The number of hydroxylamine groups is 1. The minimum absolute atomic E-state index is 0.0811. The monoisotopic (exact) mass is 526 g/mol. The van der Waals surface area contributed by atoms with Crippen molar-refractivity contribution in [2.45, 2.75) is 30.8 Å². The summed E-state index contributed by atoms with van der Waals surface area (Å²) in [5.41, 5.74) is 4.59. The average molecular weight is 527 g/mol. The molecule has 196 valence electrons. The summed E-state index contributed by atoms with van der Waals surface area (Å²) >= 11 is 0. The van der Waals surface area contributed by atoms with Crippen LogP contribution in [0.3, 0.4) is 0 Å². The summed E-state index contributed by atoms with van der Waals surface area (Å²) in [5, 5.41) is 9.22. The van der Waals surface area contributed by atoms with Crippen molar-refractivity contribution in [3.8, 4) is 28.4 Å². The van der Waals surface area contributed by atoms with E-state index in [1.807, 2.05) is 30.3 Å². The molecule has 3 aromatic rings. The van der Waals surface area contributed by atoms with Gasteiger partial charge in [-0.2, -0.15) is 4.31 Å². The van der Waals surface area contributed by atoms with E-state index in [0.717, 1.165) is 16.9 Å². The first-order valence-electron chi connectivity index (χ1n) is 11.8. The van der Waals surface area contributed by atoms with Gasteiger partial charge in [-0.25, -0.2) is 13.9 Å². The number of nitrogens with zero attached hydrogens (tertiary/aromatic N) is 1. The van der Waals surface area contributed by atoms with Gasteiger partial charge in [0.15, 0.2) is 11.5 Å². The second kappa shape index (κ2) is 11.2. The van der Waals surface area contributed by atoms with E-state index in [9.17, 15) is 18.4 Å². The molecule has 0 unspecified atom stereocenters. The highest BCUT2D eigenvalue weighted by molar-refractivity contribution is 7.89. The highest BCUT2D eigenvalue weighted by Crippen LogP contribution is 2.37. The summed E-state index contributed by atoms with van der Waals surface area (Å²) in [4.78, 5) is 12.1. The van der Waals surface area contributed by atoms with Gasteiger partial charge in [-0.1, -0.05) is 42.0 Å². The van der Waals surface area contributed by atoms with Crippen molar-refractivity contribution in [3.63, 3.8) is 0 Å². The molecule has 3 aromatic carbocycles. The molecule has 37 heavy (non-hydrogen) atoms. The summed E-state index contributed by atoms with van der Waals surface area (Å²) in [6.45, 7) is 2.48. The Bertz CT molecular complexity index is 1370. The lowest BCUT2D eigenvalue weighted by Gasteiger charge is -2.32. The first kappa shape index (κ1) is 26.5. The molecule has 0 radical (unpaired) electrons. The van der Waals surface area contributed by atoms with Crippen LogP contribution < -0.4 is 19.7 Å². The molecule has 2 N–H and O–H groups in total. The third kappa shape index (κ3) is 5.56. The van der Waals surface area contributed by atoms with Crippen LogP contribution in [0.2, 0.25) is 0 Å². The standard InChI is InChI=1S/C27H30N2O7S/c1-18-5-4-6-20(17-18)19-7-9-21(10-8-19)36-22-13-15-29(16-14-22)37(32,33)24-12-11-23(34-2)26(35-3)25(24)27(30)28-31/h4-12,17,22,31H,13-16H2,1-3H3,(H,28,30). The summed E-state index contributed by atoms with van der Waals surface area (Å²) < 4.78 is 44.8. The van der Waals surface area contributed by atoms with Crippen LogP contribution in [-0.4, -0.2) is 57.3 Å². The van der Waals surface area contributed by atoms with E-state index in [0.29, 0.717) is 12.8 Å². The first-order chi connectivity index (χ1) is 17.8. The normalized spacial score (nSPS) is 14.7. The molecular formula is C27H30N2O7S. The van der Waals surface area contributed by atoms with Crippen LogP contribution >= 0.6 is 0 Å². The molecule has 0 aliphatic carbocycles. The number of hydrogen-bond acceptors (Lipinski definition) is 7. The van der Waals surface area contributed by atoms with Crippen molar-refractivity contribution in [1.29, 1.82) is 0 Å². The van der Waals surface area contributed by atoms with Crippen LogP contribution in [0.15, 0.2) is 65.6 Å². The molecule has 0 atom stereocenters. The predicted molar refractivity (Wildman–Crippen MR) is 138 cm³/mol. The molecule has 0 aromatic heterocycles. The fourth-order valence-electron chi connectivity index (χ4n) is 4.47. The van der Waals surface area contributed by atoms with Gasteiger partial charge in [0.05, 0.1) is 19.1 Å². The number of amides is 1. The number of rotatable bonds is 8. The number of nitrogens with one attached hydrogen (secondary N) is 1. The van der Waals surface area contributed by atoms with Gasteiger partial charge in [0.1, 0.15) is 17.4 Å². The Morgan fingerprint density at radius 3 is 2.27 bits per heavy atom. The zero-order valence-corrected chi connectivity index (χ0v) is 21.7.